The fourth-order valence-electron chi connectivity index (χ4n) is 3.20. The summed E-state index contributed by atoms with van der Waals surface area (Å²) in [5, 5.41) is 8.53. The molecule has 0 unspecified atom stereocenters. The van der Waals surface area contributed by atoms with E-state index in [-0.39, 0.29) is 12.5 Å². The van der Waals surface area contributed by atoms with Gasteiger partial charge in [0, 0.05) is 26.2 Å². The second kappa shape index (κ2) is 8.64. The summed E-state index contributed by atoms with van der Waals surface area (Å²) in [5.41, 5.74) is 0.695. The lowest BCUT2D eigenvalue weighted by Gasteiger charge is -2.35. The van der Waals surface area contributed by atoms with Crippen molar-refractivity contribution in [2.75, 3.05) is 44.8 Å². The Balaban J connectivity index is 1.29. The number of nitrogens with zero attached hydrogens (tertiary/aromatic N) is 4. The molecular weight excluding hydrogens is 372 g/mol. The lowest BCUT2D eigenvalue weighted by molar-refractivity contribution is -0.133. The second-order valence-corrected chi connectivity index (χ2v) is 6.56. The lowest BCUT2D eigenvalue weighted by atomic mass is 10.2. The van der Waals surface area contributed by atoms with Gasteiger partial charge in [-0.05, 0) is 36.4 Å². The van der Waals surface area contributed by atoms with Gasteiger partial charge in [0.1, 0.15) is 5.69 Å². The zero-order chi connectivity index (χ0) is 20.1. The van der Waals surface area contributed by atoms with Crippen LogP contribution >= 0.6 is 0 Å². The molecule has 29 heavy (non-hydrogen) atoms. The molecule has 4 rings (SSSR count). The van der Waals surface area contributed by atoms with Crippen LogP contribution in [0.25, 0.3) is 11.5 Å². The van der Waals surface area contributed by atoms with Gasteiger partial charge in [0.05, 0.1) is 13.4 Å². The zero-order valence-corrected chi connectivity index (χ0v) is 16.2. The van der Waals surface area contributed by atoms with E-state index in [1.807, 2.05) is 36.4 Å². The number of piperazine rings is 1. The summed E-state index contributed by atoms with van der Waals surface area (Å²) < 4.78 is 16.2. The van der Waals surface area contributed by atoms with Gasteiger partial charge in [-0.2, -0.15) is 0 Å². The van der Waals surface area contributed by atoms with Crippen molar-refractivity contribution in [3.63, 3.8) is 0 Å². The summed E-state index contributed by atoms with van der Waals surface area (Å²) >= 11 is 0. The third kappa shape index (κ3) is 4.31. The van der Waals surface area contributed by atoms with E-state index >= 15 is 0 Å². The number of carbonyl (C=O) groups excluding carboxylic acids is 1. The number of carbonyl (C=O) groups is 1. The number of anilines is 1. The van der Waals surface area contributed by atoms with Gasteiger partial charge in [-0.15, -0.1) is 10.2 Å². The normalized spacial score (nSPS) is 14.0. The Kier molecular flexibility index (Phi) is 5.60. The number of hydrogen-bond donors (Lipinski definition) is 0. The van der Waals surface area contributed by atoms with Crippen molar-refractivity contribution < 1.29 is 18.7 Å². The number of rotatable bonds is 6. The van der Waals surface area contributed by atoms with Crippen LogP contribution in [0.15, 0.2) is 59.2 Å². The van der Waals surface area contributed by atoms with E-state index in [0.29, 0.717) is 49.1 Å². The van der Waals surface area contributed by atoms with Crippen molar-refractivity contribution in [3.8, 4) is 23.0 Å². The quantitative estimate of drug-likeness (QED) is 0.635. The van der Waals surface area contributed by atoms with Crippen molar-refractivity contribution in [2.24, 2.45) is 0 Å². The van der Waals surface area contributed by atoms with Gasteiger partial charge in [-0.3, -0.25) is 4.79 Å². The first-order valence-corrected chi connectivity index (χ1v) is 9.41. The molecule has 1 aromatic carbocycles. The van der Waals surface area contributed by atoms with Gasteiger partial charge >= 0.3 is 0 Å². The fraction of sp³-hybridized carbons (Fsp3) is 0.286. The molecule has 1 aliphatic heterocycles. The summed E-state index contributed by atoms with van der Waals surface area (Å²) in [7, 11) is 1.58. The van der Waals surface area contributed by atoms with E-state index in [9.17, 15) is 4.79 Å². The molecule has 3 aromatic rings. The second-order valence-electron chi connectivity index (χ2n) is 6.56. The third-order valence-electron chi connectivity index (χ3n) is 4.80. The van der Waals surface area contributed by atoms with Crippen molar-refractivity contribution in [3.05, 3.63) is 54.8 Å². The monoisotopic (exact) mass is 394 g/mol. The first kappa shape index (κ1) is 18.8. The van der Waals surface area contributed by atoms with Gasteiger partial charge < -0.3 is 23.7 Å². The molecule has 1 fully saturated rings. The largest absolute Gasteiger partial charge is 0.493 e. The van der Waals surface area contributed by atoms with Crippen LogP contribution in [0.3, 0.4) is 0 Å². The number of ether oxygens (including phenoxy) is 2. The molecule has 3 heterocycles. The van der Waals surface area contributed by atoms with Crippen molar-refractivity contribution in [1.29, 1.82) is 0 Å². The van der Waals surface area contributed by atoms with Crippen molar-refractivity contribution in [1.82, 2.24) is 15.1 Å². The highest BCUT2D eigenvalue weighted by Crippen LogP contribution is 2.26. The number of methoxy groups -OCH3 is 1. The van der Waals surface area contributed by atoms with Gasteiger partial charge in [-0.1, -0.05) is 12.1 Å². The number of benzene rings is 1. The summed E-state index contributed by atoms with van der Waals surface area (Å²) in [5.74, 6) is 2.61. The van der Waals surface area contributed by atoms with E-state index in [0.717, 1.165) is 5.82 Å². The average Bonchev–Trinajstić information content (AvgIpc) is 3.33. The van der Waals surface area contributed by atoms with Gasteiger partial charge in [0.15, 0.2) is 29.7 Å². The maximum Gasteiger partial charge on any atom is 0.260 e. The Morgan fingerprint density at radius 3 is 2.45 bits per heavy atom. The molecule has 0 spiro atoms. The predicted octanol–water partition coefficient (Wildman–Crippen LogP) is 2.47. The maximum atomic E-state index is 12.5. The van der Waals surface area contributed by atoms with E-state index in [4.69, 9.17) is 13.9 Å². The number of aromatic nitrogens is 2. The van der Waals surface area contributed by atoms with Crippen LogP contribution in [0.4, 0.5) is 5.82 Å². The molecule has 8 nitrogen and oxygen atoms in total. The number of para-hydroxylation sites is 2. The molecular formula is C21H22N4O4. The SMILES string of the molecule is COc1ccccc1OCC(=O)N1CCN(c2ccc(-c3ccco3)nn2)CC1. The average molecular weight is 394 g/mol. The topological polar surface area (TPSA) is 80.9 Å². The predicted molar refractivity (Wildman–Crippen MR) is 107 cm³/mol. The van der Waals surface area contributed by atoms with E-state index in [1.165, 1.54) is 0 Å². The minimum absolute atomic E-state index is 0.0159. The fourth-order valence-corrected chi connectivity index (χ4v) is 3.20. The van der Waals surface area contributed by atoms with Gasteiger partial charge in [0.2, 0.25) is 0 Å². The van der Waals surface area contributed by atoms with Crippen LogP contribution in [0.1, 0.15) is 0 Å². The maximum absolute atomic E-state index is 12.5. The standard InChI is InChI=1S/C21H22N4O4/c1-27-18-5-2-3-6-19(18)29-15-21(26)25-12-10-24(11-13-25)20-9-8-16(22-23-20)17-7-4-14-28-17/h2-9,14H,10-13,15H2,1H3. The van der Waals surface area contributed by atoms with Crippen molar-refractivity contribution in [2.45, 2.75) is 0 Å². The smallest absolute Gasteiger partial charge is 0.260 e. The molecule has 1 amide bonds. The Labute approximate surface area is 168 Å². The number of amides is 1. The minimum Gasteiger partial charge on any atom is -0.493 e. The van der Waals surface area contributed by atoms with Gasteiger partial charge in [-0.25, -0.2) is 0 Å². The molecule has 0 atom stereocenters. The van der Waals surface area contributed by atoms with E-state index < -0.39 is 0 Å². The minimum atomic E-state index is -0.0465. The highest BCUT2D eigenvalue weighted by atomic mass is 16.5. The van der Waals surface area contributed by atoms with Crippen LogP contribution < -0.4 is 14.4 Å². The van der Waals surface area contributed by atoms with Crippen molar-refractivity contribution >= 4 is 11.7 Å². The molecule has 2 aromatic heterocycles. The molecule has 0 N–H and O–H groups in total. The van der Waals surface area contributed by atoms with Crippen LogP contribution in [-0.2, 0) is 4.79 Å². The van der Waals surface area contributed by atoms with E-state index in [1.54, 1.807) is 30.4 Å². The summed E-state index contributed by atoms with van der Waals surface area (Å²) in [6.07, 6.45) is 1.61. The van der Waals surface area contributed by atoms with Crippen LogP contribution in [-0.4, -0.2) is 60.9 Å². The molecule has 0 bridgehead atoms. The molecule has 0 aliphatic carbocycles. The molecule has 0 saturated carbocycles. The first-order valence-electron chi connectivity index (χ1n) is 9.41. The van der Waals surface area contributed by atoms with E-state index in [2.05, 4.69) is 15.1 Å². The van der Waals surface area contributed by atoms with Crippen LogP contribution in [0.5, 0.6) is 11.5 Å². The van der Waals surface area contributed by atoms with Crippen LogP contribution in [0.2, 0.25) is 0 Å². The third-order valence-corrected chi connectivity index (χ3v) is 4.80. The molecule has 1 saturated heterocycles. The first-order chi connectivity index (χ1) is 14.2. The van der Waals surface area contributed by atoms with Gasteiger partial charge in [0.25, 0.3) is 5.91 Å². The zero-order valence-electron chi connectivity index (χ0n) is 16.2. The molecule has 8 heteroatoms. The van der Waals surface area contributed by atoms with Crippen LogP contribution in [0, 0.1) is 0 Å². The molecule has 150 valence electrons. The lowest BCUT2D eigenvalue weighted by Crippen LogP contribution is -2.50. The molecule has 1 aliphatic rings. The Morgan fingerprint density at radius 1 is 1.00 bits per heavy atom. The Bertz CT molecular complexity index is 936. The highest BCUT2D eigenvalue weighted by Gasteiger charge is 2.23. The number of furan rings is 1. The highest BCUT2D eigenvalue weighted by molar-refractivity contribution is 5.78. The summed E-state index contributed by atoms with van der Waals surface area (Å²) in [4.78, 5) is 16.4. The Morgan fingerprint density at radius 2 is 1.79 bits per heavy atom. The number of hydrogen-bond acceptors (Lipinski definition) is 7. The molecule has 0 radical (unpaired) electrons. The Hall–Kier alpha value is -3.55. The summed E-state index contributed by atoms with van der Waals surface area (Å²) in [6, 6.07) is 14.8. The summed E-state index contributed by atoms with van der Waals surface area (Å²) in [6.45, 7) is 2.58.